The van der Waals surface area contributed by atoms with Crippen LogP contribution in [0.4, 0.5) is 34.1 Å². The van der Waals surface area contributed by atoms with E-state index in [1.54, 1.807) is 0 Å². The van der Waals surface area contributed by atoms with Crippen LogP contribution in [-0.4, -0.2) is 6.71 Å². The molecule has 1 unspecified atom stereocenters. The number of fused-ring (bicyclic) bond motifs is 4. The van der Waals surface area contributed by atoms with Crippen molar-refractivity contribution in [2.45, 2.75) is 99.8 Å². The summed E-state index contributed by atoms with van der Waals surface area (Å²) < 4.78 is 0. The normalized spacial score (nSPS) is 15.9. The number of rotatable bonds is 7. The molecule has 6 aromatic rings. The van der Waals surface area contributed by atoms with E-state index in [2.05, 4.69) is 237 Å². The van der Waals surface area contributed by atoms with Crippen LogP contribution in [0.25, 0.3) is 22.3 Å². The number of aryl methyl sites for hydroxylation is 1. The Balaban J connectivity index is 1.27. The standard InChI is InChI=1S/C59H64BN3/c1-12-33-61-46-26-31-50-53(38-46)63(48-29-23-43(24-30-48)57(3,4)5)55-37-45(59(9,10)11)36-54-56(55)60(50)51-35-44(58(6,7)8)25-32-52(51)62(54)47-27-21-40(22-28-47)42-20-19-39(13-2)49(34-42)41-17-15-14-16-18-41/h12,14-23,25-38,43,61H,13,24H2,1-11H3/b33-12+. The molecule has 0 saturated carbocycles. The van der Waals surface area contributed by atoms with Gasteiger partial charge in [0.25, 0.3) is 6.71 Å². The lowest BCUT2D eigenvalue weighted by Crippen LogP contribution is -2.62. The summed E-state index contributed by atoms with van der Waals surface area (Å²) in [4.78, 5) is 5.15. The molecule has 318 valence electrons. The highest BCUT2D eigenvalue weighted by atomic mass is 15.2. The molecule has 63 heavy (non-hydrogen) atoms. The molecule has 4 heteroatoms. The third kappa shape index (κ3) is 7.77. The fraction of sp³-hybridized carbons (Fsp3) is 0.288. The predicted molar refractivity (Wildman–Crippen MR) is 275 cm³/mol. The topological polar surface area (TPSA) is 18.5 Å². The van der Waals surface area contributed by atoms with Crippen LogP contribution >= 0.6 is 0 Å². The second-order valence-corrected chi connectivity index (χ2v) is 21.1. The van der Waals surface area contributed by atoms with Gasteiger partial charge in [0.1, 0.15) is 0 Å². The molecule has 1 aliphatic carbocycles. The van der Waals surface area contributed by atoms with Crippen LogP contribution in [0.2, 0.25) is 0 Å². The zero-order valence-electron chi connectivity index (χ0n) is 39.4. The molecule has 2 aliphatic heterocycles. The summed E-state index contributed by atoms with van der Waals surface area (Å²) >= 11 is 0. The molecule has 0 saturated heterocycles. The van der Waals surface area contributed by atoms with E-state index >= 15 is 0 Å². The molecule has 0 bridgehead atoms. The third-order valence-corrected chi connectivity index (χ3v) is 13.7. The number of allylic oxidation sites excluding steroid dienone is 4. The average Bonchev–Trinajstić information content (AvgIpc) is 3.27. The maximum absolute atomic E-state index is 3.57. The summed E-state index contributed by atoms with van der Waals surface area (Å²) in [5.74, 6) is 0.478. The number of hydrogen-bond acceptors (Lipinski definition) is 3. The Morgan fingerprint density at radius 2 is 1.33 bits per heavy atom. The Bertz CT molecular complexity index is 2790. The van der Waals surface area contributed by atoms with Gasteiger partial charge < -0.3 is 15.1 Å². The lowest BCUT2D eigenvalue weighted by molar-refractivity contribution is 0.293. The van der Waals surface area contributed by atoms with E-state index in [0.29, 0.717) is 5.92 Å². The van der Waals surface area contributed by atoms with Crippen molar-refractivity contribution in [2.24, 2.45) is 11.3 Å². The van der Waals surface area contributed by atoms with E-state index in [0.717, 1.165) is 24.2 Å². The van der Waals surface area contributed by atoms with E-state index < -0.39 is 0 Å². The van der Waals surface area contributed by atoms with Crippen molar-refractivity contribution in [2.75, 3.05) is 15.1 Å². The van der Waals surface area contributed by atoms with Crippen molar-refractivity contribution >= 4 is 57.2 Å². The van der Waals surface area contributed by atoms with Gasteiger partial charge in [-0.05, 0) is 158 Å². The largest absolute Gasteiger partial charge is 0.362 e. The fourth-order valence-electron chi connectivity index (χ4n) is 9.89. The Morgan fingerprint density at radius 3 is 1.97 bits per heavy atom. The van der Waals surface area contributed by atoms with Gasteiger partial charge in [0.05, 0.1) is 0 Å². The summed E-state index contributed by atoms with van der Waals surface area (Å²) in [5, 5.41) is 3.57. The summed E-state index contributed by atoms with van der Waals surface area (Å²) in [6, 6.07) is 46.5. The van der Waals surface area contributed by atoms with Gasteiger partial charge in [0, 0.05) is 39.8 Å². The molecule has 3 aliphatic rings. The molecular weight excluding hydrogens is 761 g/mol. The zero-order chi connectivity index (χ0) is 44.4. The molecule has 0 amide bonds. The third-order valence-electron chi connectivity index (χ3n) is 13.7. The van der Waals surface area contributed by atoms with Gasteiger partial charge in [-0.3, -0.25) is 0 Å². The first kappa shape index (κ1) is 42.3. The SMILES string of the molecule is C/C=C/Nc1ccc2c(c1)N(C1=CCC(C(C)(C)C)C=C1)c1cc(C(C)(C)C)cc3c1B2c1cc(C(C)(C)C)ccc1N3c1ccc(-c2ccc(CC)c(-c3ccccc3)c2)cc1. The van der Waals surface area contributed by atoms with Gasteiger partial charge >= 0.3 is 0 Å². The molecule has 1 N–H and O–H groups in total. The Hall–Kier alpha value is -6.00. The van der Waals surface area contributed by atoms with Crippen molar-refractivity contribution in [3.63, 3.8) is 0 Å². The van der Waals surface area contributed by atoms with Crippen molar-refractivity contribution in [3.8, 4) is 22.3 Å². The van der Waals surface area contributed by atoms with Gasteiger partial charge in [-0.25, -0.2) is 0 Å². The molecule has 1 atom stereocenters. The van der Waals surface area contributed by atoms with Crippen LogP contribution in [0.1, 0.15) is 99.3 Å². The average molecular weight is 826 g/mol. The lowest BCUT2D eigenvalue weighted by Gasteiger charge is -2.46. The first-order chi connectivity index (χ1) is 30.0. The second-order valence-electron chi connectivity index (χ2n) is 21.1. The van der Waals surface area contributed by atoms with E-state index in [9.17, 15) is 0 Å². The minimum absolute atomic E-state index is 0.0161. The van der Waals surface area contributed by atoms with Gasteiger partial charge in [0.2, 0.25) is 0 Å². The van der Waals surface area contributed by atoms with Gasteiger partial charge in [-0.1, -0.05) is 160 Å². The van der Waals surface area contributed by atoms with Crippen molar-refractivity contribution in [1.82, 2.24) is 0 Å². The molecule has 3 nitrogen and oxygen atoms in total. The minimum atomic E-state index is -0.0938. The van der Waals surface area contributed by atoms with Crippen LogP contribution in [0.5, 0.6) is 0 Å². The Labute approximate surface area is 378 Å². The summed E-state index contributed by atoms with van der Waals surface area (Å²) in [6.07, 6.45) is 13.4. The molecule has 0 aromatic heterocycles. The van der Waals surface area contributed by atoms with Crippen molar-refractivity contribution in [3.05, 3.63) is 174 Å². The first-order valence-corrected chi connectivity index (χ1v) is 23.2. The predicted octanol–water partition coefficient (Wildman–Crippen LogP) is 14.4. The van der Waals surface area contributed by atoms with E-state index in [-0.39, 0.29) is 23.0 Å². The summed E-state index contributed by atoms with van der Waals surface area (Å²) in [6.45, 7) is 25.5. The van der Waals surface area contributed by atoms with Crippen molar-refractivity contribution < 1.29 is 0 Å². The minimum Gasteiger partial charge on any atom is -0.362 e. The Morgan fingerprint density at radius 1 is 0.635 bits per heavy atom. The van der Waals surface area contributed by atoms with E-state index in [1.807, 2.05) is 6.20 Å². The number of hydrogen-bond donors (Lipinski definition) is 1. The molecule has 0 fully saturated rings. The highest BCUT2D eigenvalue weighted by Crippen LogP contribution is 2.47. The molecule has 9 rings (SSSR count). The number of nitrogens with one attached hydrogen (secondary N) is 1. The summed E-state index contributed by atoms with van der Waals surface area (Å²) in [5.41, 5.74) is 21.7. The van der Waals surface area contributed by atoms with E-state index in [1.165, 1.54) is 83.8 Å². The molecule has 6 aromatic carbocycles. The number of benzene rings is 6. The molecule has 0 spiro atoms. The number of nitrogens with zero attached hydrogens (tertiary/aromatic N) is 2. The van der Waals surface area contributed by atoms with Gasteiger partial charge in [-0.15, -0.1) is 0 Å². The van der Waals surface area contributed by atoms with Crippen LogP contribution in [-0.2, 0) is 17.3 Å². The van der Waals surface area contributed by atoms with Gasteiger partial charge in [0.15, 0.2) is 0 Å². The fourth-order valence-corrected chi connectivity index (χ4v) is 9.89. The molecule has 2 heterocycles. The highest BCUT2D eigenvalue weighted by molar-refractivity contribution is 7.00. The van der Waals surface area contributed by atoms with Gasteiger partial charge in [-0.2, -0.15) is 0 Å². The smallest absolute Gasteiger partial charge is 0.252 e. The van der Waals surface area contributed by atoms with Crippen LogP contribution < -0.4 is 31.5 Å². The maximum Gasteiger partial charge on any atom is 0.252 e. The molecule has 0 radical (unpaired) electrons. The second kappa shape index (κ2) is 16.0. The zero-order valence-corrected chi connectivity index (χ0v) is 39.4. The quantitative estimate of drug-likeness (QED) is 0.162. The molecular formula is C59H64BN3. The maximum atomic E-state index is 3.57. The van der Waals surface area contributed by atoms with Crippen LogP contribution in [0, 0.1) is 11.3 Å². The Kier molecular flexibility index (Phi) is 10.7. The highest BCUT2D eigenvalue weighted by Gasteiger charge is 2.45. The first-order valence-electron chi connectivity index (χ1n) is 23.2. The van der Waals surface area contributed by atoms with Crippen LogP contribution in [0.15, 0.2) is 158 Å². The monoisotopic (exact) mass is 826 g/mol. The van der Waals surface area contributed by atoms with Crippen molar-refractivity contribution in [1.29, 1.82) is 0 Å². The lowest BCUT2D eigenvalue weighted by atomic mass is 9.33. The summed E-state index contributed by atoms with van der Waals surface area (Å²) in [7, 11) is 0. The van der Waals surface area contributed by atoms with E-state index in [4.69, 9.17) is 0 Å². The number of anilines is 6. The van der Waals surface area contributed by atoms with Crippen LogP contribution in [0.3, 0.4) is 0 Å².